The SMILES string of the molecule is C[C@H](C(=O)Nc1ccc(C#N)cc1)N1CCN(Cc2ccc(Cl)cc2)CC1. The van der Waals surface area contributed by atoms with Gasteiger partial charge in [0.2, 0.25) is 5.91 Å². The molecule has 1 saturated heterocycles. The van der Waals surface area contributed by atoms with Crippen LogP contribution in [0.15, 0.2) is 48.5 Å². The quantitative estimate of drug-likeness (QED) is 0.861. The Hall–Kier alpha value is -2.39. The molecule has 1 amide bonds. The first-order valence-corrected chi connectivity index (χ1v) is 9.45. The number of benzene rings is 2. The number of piperazine rings is 1. The lowest BCUT2D eigenvalue weighted by Crippen LogP contribution is -2.52. The molecule has 1 heterocycles. The Morgan fingerprint density at radius 3 is 2.33 bits per heavy atom. The average Bonchev–Trinajstić information content (AvgIpc) is 2.70. The fourth-order valence-electron chi connectivity index (χ4n) is 3.20. The monoisotopic (exact) mass is 382 g/mol. The summed E-state index contributed by atoms with van der Waals surface area (Å²) < 4.78 is 0. The predicted octanol–water partition coefficient (Wildman–Crippen LogP) is 3.36. The summed E-state index contributed by atoms with van der Waals surface area (Å²) in [5.41, 5.74) is 2.55. The number of rotatable bonds is 5. The van der Waals surface area contributed by atoms with Gasteiger partial charge in [-0.05, 0) is 48.9 Å². The third-order valence-electron chi connectivity index (χ3n) is 4.94. The van der Waals surface area contributed by atoms with E-state index in [2.05, 4.69) is 33.3 Å². The number of carbonyl (C=O) groups is 1. The van der Waals surface area contributed by atoms with E-state index in [0.717, 1.165) is 37.7 Å². The van der Waals surface area contributed by atoms with Gasteiger partial charge < -0.3 is 5.32 Å². The highest BCUT2D eigenvalue weighted by molar-refractivity contribution is 6.30. The Morgan fingerprint density at radius 2 is 1.74 bits per heavy atom. The number of carbonyl (C=O) groups excluding carboxylic acids is 1. The van der Waals surface area contributed by atoms with E-state index in [1.54, 1.807) is 24.3 Å². The van der Waals surface area contributed by atoms with E-state index in [1.807, 2.05) is 19.1 Å². The molecule has 3 rings (SSSR count). The first kappa shape index (κ1) is 19.4. The Balaban J connectivity index is 1.48. The van der Waals surface area contributed by atoms with E-state index in [-0.39, 0.29) is 11.9 Å². The van der Waals surface area contributed by atoms with Crippen molar-refractivity contribution in [3.63, 3.8) is 0 Å². The molecule has 0 spiro atoms. The first-order valence-electron chi connectivity index (χ1n) is 9.07. The Morgan fingerprint density at radius 1 is 1.11 bits per heavy atom. The largest absolute Gasteiger partial charge is 0.325 e. The zero-order chi connectivity index (χ0) is 19.2. The number of nitrogens with one attached hydrogen (secondary N) is 1. The Bertz CT molecular complexity index is 806. The number of anilines is 1. The van der Waals surface area contributed by atoms with Gasteiger partial charge in [-0.15, -0.1) is 0 Å². The second-order valence-electron chi connectivity index (χ2n) is 6.79. The number of amides is 1. The lowest BCUT2D eigenvalue weighted by Gasteiger charge is -2.37. The molecule has 0 saturated carbocycles. The fraction of sp³-hybridized carbons (Fsp3) is 0.333. The van der Waals surface area contributed by atoms with Crippen LogP contribution >= 0.6 is 11.6 Å². The number of nitrogens with zero attached hydrogens (tertiary/aromatic N) is 3. The molecule has 1 N–H and O–H groups in total. The third-order valence-corrected chi connectivity index (χ3v) is 5.19. The van der Waals surface area contributed by atoms with Gasteiger partial charge >= 0.3 is 0 Å². The molecule has 1 aliphatic rings. The summed E-state index contributed by atoms with van der Waals surface area (Å²) in [7, 11) is 0. The molecule has 1 fully saturated rings. The summed E-state index contributed by atoms with van der Waals surface area (Å²) in [4.78, 5) is 17.1. The highest BCUT2D eigenvalue weighted by Gasteiger charge is 2.25. The summed E-state index contributed by atoms with van der Waals surface area (Å²) in [6.07, 6.45) is 0. The van der Waals surface area contributed by atoms with E-state index < -0.39 is 0 Å². The molecule has 0 aliphatic carbocycles. The van der Waals surface area contributed by atoms with Crippen LogP contribution in [-0.4, -0.2) is 47.9 Å². The molecule has 6 heteroatoms. The van der Waals surface area contributed by atoms with Crippen LogP contribution < -0.4 is 5.32 Å². The van der Waals surface area contributed by atoms with Crippen LogP contribution in [0.2, 0.25) is 5.02 Å². The maximum atomic E-state index is 12.5. The minimum absolute atomic E-state index is 0.0224. The number of halogens is 1. The van der Waals surface area contributed by atoms with Gasteiger partial charge in [0.05, 0.1) is 17.7 Å². The van der Waals surface area contributed by atoms with Gasteiger partial charge in [0.15, 0.2) is 0 Å². The van der Waals surface area contributed by atoms with E-state index >= 15 is 0 Å². The van der Waals surface area contributed by atoms with Gasteiger partial charge in [0.25, 0.3) is 0 Å². The molecule has 2 aromatic carbocycles. The van der Waals surface area contributed by atoms with Crippen molar-refractivity contribution in [2.45, 2.75) is 19.5 Å². The van der Waals surface area contributed by atoms with Crippen molar-refractivity contribution in [2.24, 2.45) is 0 Å². The van der Waals surface area contributed by atoms with Gasteiger partial charge in [-0.1, -0.05) is 23.7 Å². The third kappa shape index (κ3) is 5.30. The van der Waals surface area contributed by atoms with Crippen LogP contribution in [0.5, 0.6) is 0 Å². The van der Waals surface area contributed by atoms with Gasteiger partial charge in [0.1, 0.15) is 0 Å². The van der Waals surface area contributed by atoms with Gasteiger partial charge in [0, 0.05) is 43.4 Å². The second kappa shape index (κ2) is 9.01. The molecule has 0 radical (unpaired) electrons. The molecule has 27 heavy (non-hydrogen) atoms. The van der Waals surface area contributed by atoms with Crippen LogP contribution in [0.1, 0.15) is 18.1 Å². The van der Waals surface area contributed by atoms with Crippen molar-refractivity contribution in [3.05, 3.63) is 64.7 Å². The summed E-state index contributed by atoms with van der Waals surface area (Å²) in [6, 6.07) is 16.8. The van der Waals surface area contributed by atoms with E-state index in [1.165, 1.54) is 5.56 Å². The smallest absolute Gasteiger partial charge is 0.241 e. The minimum Gasteiger partial charge on any atom is -0.325 e. The molecule has 1 aliphatic heterocycles. The van der Waals surface area contributed by atoms with Crippen molar-refractivity contribution in [1.29, 1.82) is 5.26 Å². The normalized spacial score (nSPS) is 16.5. The number of hydrogen-bond donors (Lipinski definition) is 1. The van der Waals surface area contributed by atoms with E-state index in [4.69, 9.17) is 16.9 Å². The molecule has 0 aromatic heterocycles. The molecular weight excluding hydrogens is 360 g/mol. The predicted molar refractivity (Wildman–Crippen MR) is 108 cm³/mol. The number of nitriles is 1. The highest BCUT2D eigenvalue weighted by atomic mass is 35.5. The summed E-state index contributed by atoms with van der Waals surface area (Å²) in [5.74, 6) is -0.0224. The van der Waals surface area contributed by atoms with Gasteiger partial charge in [-0.25, -0.2) is 0 Å². The average molecular weight is 383 g/mol. The minimum atomic E-state index is -0.196. The van der Waals surface area contributed by atoms with Crippen LogP contribution in [0, 0.1) is 11.3 Å². The molecular formula is C21H23ClN4O. The lowest BCUT2D eigenvalue weighted by molar-refractivity contribution is -0.121. The lowest BCUT2D eigenvalue weighted by atomic mass is 10.1. The zero-order valence-corrected chi connectivity index (χ0v) is 16.1. The van der Waals surface area contributed by atoms with Crippen molar-refractivity contribution in [1.82, 2.24) is 9.80 Å². The first-order chi connectivity index (χ1) is 13.0. The van der Waals surface area contributed by atoms with Crippen LogP contribution in [-0.2, 0) is 11.3 Å². The maximum absolute atomic E-state index is 12.5. The molecule has 5 nitrogen and oxygen atoms in total. The Labute approximate surface area is 165 Å². The maximum Gasteiger partial charge on any atom is 0.241 e. The Kier molecular flexibility index (Phi) is 6.46. The molecule has 0 bridgehead atoms. The van der Waals surface area contributed by atoms with Crippen LogP contribution in [0.25, 0.3) is 0 Å². The van der Waals surface area contributed by atoms with Gasteiger partial charge in [-0.2, -0.15) is 5.26 Å². The summed E-state index contributed by atoms with van der Waals surface area (Å²) in [5, 5.41) is 12.5. The highest BCUT2D eigenvalue weighted by Crippen LogP contribution is 2.15. The van der Waals surface area contributed by atoms with Crippen molar-refractivity contribution < 1.29 is 4.79 Å². The molecule has 0 unspecified atom stereocenters. The van der Waals surface area contributed by atoms with Crippen molar-refractivity contribution in [3.8, 4) is 6.07 Å². The molecule has 140 valence electrons. The van der Waals surface area contributed by atoms with Gasteiger partial charge in [-0.3, -0.25) is 14.6 Å². The summed E-state index contributed by atoms with van der Waals surface area (Å²) in [6.45, 7) is 6.41. The van der Waals surface area contributed by atoms with E-state index in [0.29, 0.717) is 11.3 Å². The van der Waals surface area contributed by atoms with Crippen LogP contribution in [0.4, 0.5) is 5.69 Å². The van der Waals surface area contributed by atoms with Crippen LogP contribution in [0.3, 0.4) is 0 Å². The topological polar surface area (TPSA) is 59.4 Å². The number of hydrogen-bond acceptors (Lipinski definition) is 4. The molecule has 1 atom stereocenters. The standard InChI is InChI=1S/C21H23ClN4O/c1-16(21(27)24-20-8-4-17(14-23)5-9-20)26-12-10-25(11-13-26)15-18-2-6-19(22)7-3-18/h2-9,16H,10-13,15H2,1H3,(H,24,27)/t16-/m1/s1. The fourth-order valence-corrected chi connectivity index (χ4v) is 3.32. The van der Waals surface area contributed by atoms with Crippen molar-refractivity contribution >= 4 is 23.2 Å². The van der Waals surface area contributed by atoms with Crippen molar-refractivity contribution in [2.75, 3.05) is 31.5 Å². The second-order valence-corrected chi connectivity index (χ2v) is 7.23. The zero-order valence-electron chi connectivity index (χ0n) is 15.4. The summed E-state index contributed by atoms with van der Waals surface area (Å²) >= 11 is 5.94. The molecule has 2 aromatic rings. The van der Waals surface area contributed by atoms with E-state index in [9.17, 15) is 4.79 Å².